The lowest BCUT2D eigenvalue weighted by molar-refractivity contribution is 1.07. The van der Waals surface area contributed by atoms with Crippen LogP contribution in [-0.2, 0) is 0 Å². The van der Waals surface area contributed by atoms with E-state index in [1.807, 2.05) is 12.1 Å². The molecule has 0 unspecified atom stereocenters. The minimum absolute atomic E-state index is 0.618. The van der Waals surface area contributed by atoms with Crippen molar-refractivity contribution in [1.29, 1.82) is 0 Å². The van der Waals surface area contributed by atoms with Gasteiger partial charge in [-0.1, -0.05) is 164 Å². The second-order valence-corrected chi connectivity index (χ2v) is 15.7. The molecule has 9 aromatic carbocycles. The first-order valence-electron chi connectivity index (χ1n) is 20.9. The first-order chi connectivity index (χ1) is 30.7. The molecule has 0 radical (unpaired) electrons. The zero-order chi connectivity index (χ0) is 41.0. The van der Waals surface area contributed by atoms with E-state index in [-0.39, 0.29) is 0 Å². The van der Waals surface area contributed by atoms with Crippen LogP contribution in [0, 0.1) is 0 Å². The standard InChI is InChI=1S/C57H37N5/c1-4-14-38(15-5-1)40-24-28-42(29-25-40)55-58-56(43-30-26-41(27-31-43)39-16-6-2-7-17-39)60-57(59-55)44-32-34-46(35-33-44)62-52-23-13-11-21-48(52)50-36-49-47-20-10-12-22-51(47)61(53(49)37-54(50)62)45-18-8-3-9-19-45/h1-37H. The lowest BCUT2D eigenvalue weighted by atomic mass is 10.0. The van der Waals surface area contributed by atoms with Crippen LogP contribution in [0.25, 0.3) is 111 Å². The van der Waals surface area contributed by atoms with Crippen LogP contribution in [0.2, 0.25) is 0 Å². The lowest BCUT2D eigenvalue weighted by Gasteiger charge is -2.12. The fourth-order valence-corrected chi connectivity index (χ4v) is 8.97. The Hall–Kier alpha value is -8.41. The van der Waals surface area contributed by atoms with Gasteiger partial charge in [0.05, 0.1) is 22.1 Å². The molecule has 0 bridgehead atoms. The van der Waals surface area contributed by atoms with Crippen LogP contribution in [-0.4, -0.2) is 24.1 Å². The number of aromatic nitrogens is 5. The van der Waals surface area contributed by atoms with Gasteiger partial charge in [0.25, 0.3) is 0 Å². The Morgan fingerprint density at radius 3 is 0.984 bits per heavy atom. The maximum Gasteiger partial charge on any atom is 0.164 e. The highest BCUT2D eigenvalue weighted by Crippen LogP contribution is 2.40. The fraction of sp³-hybridized carbons (Fsp3) is 0. The second kappa shape index (κ2) is 14.7. The second-order valence-electron chi connectivity index (χ2n) is 15.7. The van der Waals surface area contributed by atoms with Gasteiger partial charge in [0.2, 0.25) is 0 Å². The smallest absolute Gasteiger partial charge is 0.164 e. The molecule has 12 rings (SSSR count). The Labute approximate surface area is 358 Å². The Kier molecular flexibility index (Phi) is 8.42. The van der Waals surface area contributed by atoms with Crippen molar-refractivity contribution in [2.24, 2.45) is 0 Å². The summed E-state index contributed by atoms with van der Waals surface area (Å²) >= 11 is 0. The molecule has 0 N–H and O–H groups in total. The van der Waals surface area contributed by atoms with Crippen molar-refractivity contribution in [2.75, 3.05) is 0 Å². The van der Waals surface area contributed by atoms with Gasteiger partial charge in [-0.05, 0) is 82.9 Å². The lowest BCUT2D eigenvalue weighted by Crippen LogP contribution is -2.01. The van der Waals surface area contributed by atoms with Gasteiger partial charge in [-0.15, -0.1) is 0 Å². The molecule has 0 fully saturated rings. The predicted molar refractivity (Wildman–Crippen MR) is 256 cm³/mol. The van der Waals surface area contributed by atoms with E-state index < -0.39 is 0 Å². The van der Waals surface area contributed by atoms with Crippen molar-refractivity contribution in [2.45, 2.75) is 0 Å². The minimum Gasteiger partial charge on any atom is -0.309 e. The van der Waals surface area contributed by atoms with E-state index in [1.165, 1.54) is 43.7 Å². The first-order valence-corrected chi connectivity index (χ1v) is 20.9. The molecule has 12 aromatic rings. The number of hydrogen-bond acceptors (Lipinski definition) is 3. The molecule has 3 aromatic heterocycles. The molecule has 0 spiro atoms. The number of para-hydroxylation sites is 3. The van der Waals surface area contributed by atoms with Crippen LogP contribution in [0.15, 0.2) is 224 Å². The summed E-state index contributed by atoms with van der Waals surface area (Å²) in [5.74, 6) is 1.87. The monoisotopic (exact) mass is 791 g/mol. The van der Waals surface area contributed by atoms with Gasteiger partial charge in [0.15, 0.2) is 17.5 Å². The maximum absolute atomic E-state index is 5.12. The van der Waals surface area contributed by atoms with E-state index in [9.17, 15) is 0 Å². The Morgan fingerprint density at radius 1 is 0.226 bits per heavy atom. The SMILES string of the molecule is c1ccc(-c2ccc(-c3nc(-c4ccc(-c5ccccc5)cc4)nc(-c4ccc(-n5c6ccccc6c6cc7c8ccccc8n(-c8ccccc8)c7cc65)cc4)n3)cc2)cc1. The molecule has 62 heavy (non-hydrogen) atoms. The third-order valence-corrected chi connectivity index (χ3v) is 12.0. The number of rotatable bonds is 7. The highest BCUT2D eigenvalue weighted by Gasteiger charge is 2.19. The van der Waals surface area contributed by atoms with Gasteiger partial charge in [-0.25, -0.2) is 15.0 Å². The summed E-state index contributed by atoms with van der Waals surface area (Å²) in [6, 6.07) is 79.2. The van der Waals surface area contributed by atoms with E-state index in [2.05, 4.69) is 221 Å². The van der Waals surface area contributed by atoms with Crippen molar-refractivity contribution in [3.63, 3.8) is 0 Å². The summed E-state index contributed by atoms with van der Waals surface area (Å²) in [5.41, 5.74) is 14.2. The molecule has 0 saturated carbocycles. The summed E-state index contributed by atoms with van der Waals surface area (Å²) in [4.78, 5) is 15.3. The molecule has 0 saturated heterocycles. The van der Waals surface area contributed by atoms with E-state index in [0.717, 1.165) is 50.2 Å². The van der Waals surface area contributed by atoms with Gasteiger partial charge >= 0.3 is 0 Å². The molecule has 0 aliphatic rings. The molecule has 5 heteroatoms. The first kappa shape index (κ1) is 35.5. The molecule has 0 atom stereocenters. The third-order valence-electron chi connectivity index (χ3n) is 12.0. The Balaban J connectivity index is 0.989. The summed E-state index contributed by atoms with van der Waals surface area (Å²) in [5, 5.41) is 4.91. The van der Waals surface area contributed by atoms with Gasteiger partial charge in [0, 0.05) is 49.6 Å². The fourth-order valence-electron chi connectivity index (χ4n) is 8.97. The largest absolute Gasteiger partial charge is 0.309 e. The highest BCUT2D eigenvalue weighted by molar-refractivity contribution is 6.19. The normalized spacial score (nSPS) is 11.5. The number of nitrogens with zero attached hydrogens (tertiary/aromatic N) is 5. The van der Waals surface area contributed by atoms with Gasteiger partial charge in [-0.3, -0.25) is 0 Å². The van der Waals surface area contributed by atoms with Crippen LogP contribution in [0.1, 0.15) is 0 Å². The summed E-state index contributed by atoms with van der Waals surface area (Å²) < 4.78 is 4.77. The van der Waals surface area contributed by atoms with Gasteiger partial charge in [-0.2, -0.15) is 0 Å². The van der Waals surface area contributed by atoms with Crippen molar-refractivity contribution >= 4 is 43.6 Å². The van der Waals surface area contributed by atoms with E-state index in [1.54, 1.807) is 0 Å². The molecule has 290 valence electrons. The summed E-state index contributed by atoms with van der Waals surface area (Å²) in [6.07, 6.45) is 0. The van der Waals surface area contributed by atoms with Crippen molar-refractivity contribution in [1.82, 2.24) is 24.1 Å². The molecule has 3 heterocycles. The van der Waals surface area contributed by atoms with Crippen LogP contribution in [0.4, 0.5) is 0 Å². The topological polar surface area (TPSA) is 48.5 Å². The molecule has 0 amide bonds. The van der Waals surface area contributed by atoms with Crippen molar-refractivity contribution < 1.29 is 0 Å². The van der Waals surface area contributed by atoms with Crippen LogP contribution >= 0.6 is 0 Å². The number of benzene rings is 9. The zero-order valence-corrected chi connectivity index (χ0v) is 33.6. The zero-order valence-electron chi connectivity index (χ0n) is 33.6. The molecule has 0 aliphatic heterocycles. The maximum atomic E-state index is 5.12. The predicted octanol–water partition coefficient (Wildman–Crippen LogP) is 14.4. The van der Waals surface area contributed by atoms with Gasteiger partial charge < -0.3 is 9.13 Å². The van der Waals surface area contributed by atoms with Crippen LogP contribution in [0.5, 0.6) is 0 Å². The van der Waals surface area contributed by atoms with E-state index in [4.69, 9.17) is 15.0 Å². The Bertz CT molecular complexity index is 3470. The van der Waals surface area contributed by atoms with E-state index in [0.29, 0.717) is 17.5 Å². The van der Waals surface area contributed by atoms with Crippen molar-refractivity contribution in [3.05, 3.63) is 224 Å². The Morgan fingerprint density at radius 2 is 0.548 bits per heavy atom. The number of hydrogen-bond donors (Lipinski definition) is 0. The minimum atomic E-state index is 0.618. The van der Waals surface area contributed by atoms with Crippen molar-refractivity contribution in [3.8, 4) is 67.8 Å². The average Bonchev–Trinajstić information content (AvgIpc) is 3.86. The quantitative estimate of drug-likeness (QED) is 0.162. The molecule has 0 aliphatic carbocycles. The number of fused-ring (bicyclic) bond motifs is 6. The van der Waals surface area contributed by atoms with Gasteiger partial charge in [0.1, 0.15) is 0 Å². The molecular formula is C57H37N5. The van der Waals surface area contributed by atoms with Crippen LogP contribution in [0.3, 0.4) is 0 Å². The summed E-state index contributed by atoms with van der Waals surface area (Å²) in [7, 11) is 0. The molecule has 5 nitrogen and oxygen atoms in total. The third kappa shape index (κ3) is 6.06. The average molecular weight is 792 g/mol. The molecular weight excluding hydrogens is 755 g/mol. The van der Waals surface area contributed by atoms with Crippen LogP contribution < -0.4 is 0 Å². The summed E-state index contributed by atoms with van der Waals surface area (Å²) in [6.45, 7) is 0. The van der Waals surface area contributed by atoms with E-state index >= 15 is 0 Å². The highest BCUT2D eigenvalue weighted by atomic mass is 15.0.